The van der Waals surface area contributed by atoms with Crippen molar-refractivity contribution in [2.24, 2.45) is 5.73 Å². The Morgan fingerprint density at radius 2 is 2.19 bits per heavy atom. The monoisotopic (exact) mass is 309 g/mol. The summed E-state index contributed by atoms with van der Waals surface area (Å²) in [5.41, 5.74) is 8.05. The summed E-state index contributed by atoms with van der Waals surface area (Å²) >= 11 is 1.55. The molecule has 3 rings (SSSR count). The zero-order valence-electron chi connectivity index (χ0n) is 12.5. The molecule has 1 aromatic rings. The normalized spacial score (nSPS) is 23.3. The van der Waals surface area contributed by atoms with E-state index < -0.39 is 0 Å². The molecule has 1 unspecified atom stereocenters. The highest BCUT2D eigenvalue weighted by atomic mass is 32.1. The first kappa shape index (κ1) is 14.8. The topological polar surface area (TPSA) is 67.6 Å². The number of hydrogen-bond acceptors (Lipinski definition) is 5. The van der Waals surface area contributed by atoms with Crippen LogP contribution in [0.1, 0.15) is 38.9 Å². The number of primary amides is 1. The van der Waals surface area contributed by atoms with Crippen molar-refractivity contribution in [3.63, 3.8) is 0 Å². The molecular weight excluding hydrogens is 286 g/mol. The van der Waals surface area contributed by atoms with Crippen molar-refractivity contribution in [2.75, 3.05) is 44.3 Å². The summed E-state index contributed by atoms with van der Waals surface area (Å²) < 4.78 is 5.45. The molecular formula is C15H23N3O2S. The molecule has 2 aliphatic rings. The van der Waals surface area contributed by atoms with E-state index in [1.54, 1.807) is 11.3 Å². The molecule has 1 atom stereocenters. The lowest BCUT2D eigenvalue weighted by Gasteiger charge is -2.32. The molecule has 0 radical (unpaired) electrons. The standard InChI is InChI=1S/C15H23N3O2S/c1-10-12(11-3-2-4-17-9-11)13(14(21-10)15(16)19)18-5-7-20-8-6-18/h11,17H,2-9H2,1H3,(H2,16,19). The van der Waals surface area contributed by atoms with E-state index in [0.29, 0.717) is 5.92 Å². The first-order valence-electron chi connectivity index (χ1n) is 7.65. The molecule has 6 heteroatoms. The van der Waals surface area contributed by atoms with Gasteiger partial charge in [0, 0.05) is 24.5 Å². The SMILES string of the molecule is Cc1sc(C(N)=O)c(N2CCOCC2)c1C1CCCNC1. The number of amides is 1. The third-order valence-corrected chi connectivity index (χ3v) is 5.49. The number of morpholine rings is 1. The highest BCUT2D eigenvalue weighted by Gasteiger charge is 2.30. The van der Waals surface area contributed by atoms with Gasteiger partial charge in [-0.15, -0.1) is 11.3 Å². The number of rotatable bonds is 3. The molecule has 0 bridgehead atoms. The van der Waals surface area contributed by atoms with E-state index in [4.69, 9.17) is 10.5 Å². The average molecular weight is 309 g/mol. The first-order chi connectivity index (χ1) is 10.2. The predicted molar refractivity (Wildman–Crippen MR) is 85.5 cm³/mol. The maximum atomic E-state index is 11.9. The van der Waals surface area contributed by atoms with E-state index in [1.165, 1.54) is 23.3 Å². The molecule has 2 saturated heterocycles. The van der Waals surface area contributed by atoms with Gasteiger partial charge in [-0.2, -0.15) is 0 Å². The van der Waals surface area contributed by atoms with Gasteiger partial charge in [0.05, 0.1) is 18.9 Å². The Balaban J connectivity index is 2.01. The highest BCUT2D eigenvalue weighted by molar-refractivity contribution is 7.14. The van der Waals surface area contributed by atoms with Gasteiger partial charge in [-0.1, -0.05) is 0 Å². The number of thiophene rings is 1. The van der Waals surface area contributed by atoms with Crippen LogP contribution in [0.3, 0.4) is 0 Å². The second-order valence-electron chi connectivity index (χ2n) is 5.76. The summed E-state index contributed by atoms with van der Waals surface area (Å²) in [4.78, 5) is 16.1. The minimum atomic E-state index is -0.306. The van der Waals surface area contributed by atoms with Crippen molar-refractivity contribution in [3.05, 3.63) is 15.3 Å². The number of nitrogens with one attached hydrogen (secondary N) is 1. The summed E-state index contributed by atoms with van der Waals surface area (Å²) in [7, 11) is 0. The fraction of sp³-hybridized carbons (Fsp3) is 0.667. The minimum absolute atomic E-state index is 0.306. The zero-order chi connectivity index (χ0) is 14.8. The Labute approximate surface area is 129 Å². The largest absolute Gasteiger partial charge is 0.378 e. The van der Waals surface area contributed by atoms with E-state index in [-0.39, 0.29) is 5.91 Å². The molecule has 5 nitrogen and oxygen atoms in total. The third-order valence-electron chi connectivity index (χ3n) is 4.36. The van der Waals surface area contributed by atoms with Gasteiger partial charge in [0.25, 0.3) is 5.91 Å². The van der Waals surface area contributed by atoms with Crippen LogP contribution in [0.2, 0.25) is 0 Å². The number of anilines is 1. The summed E-state index contributed by atoms with van der Waals surface area (Å²) in [5.74, 6) is 0.181. The Kier molecular flexibility index (Phi) is 4.47. The molecule has 0 aromatic carbocycles. The van der Waals surface area contributed by atoms with Gasteiger partial charge in [0.1, 0.15) is 4.88 Å². The number of piperidine rings is 1. The number of aryl methyl sites for hydroxylation is 1. The number of carbonyl (C=O) groups is 1. The predicted octanol–water partition coefficient (Wildman–Crippen LogP) is 1.46. The van der Waals surface area contributed by atoms with Crippen molar-refractivity contribution in [1.82, 2.24) is 5.32 Å². The van der Waals surface area contributed by atoms with Gasteiger partial charge in [-0.25, -0.2) is 0 Å². The lowest BCUT2D eigenvalue weighted by molar-refractivity contribution is 0.100. The Bertz CT molecular complexity index is 517. The molecule has 2 fully saturated rings. The number of ether oxygens (including phenoxy) is 1. The number of hydrogen-bond donors (Lipinski definition) is 2. The van der Waals surface area contributed by atoms with Crippen LogP contribution in [0.5, 0.6) is 0 Å². The van der Waals surface area contributed by atoms with Crippen molar-refractivity contribution < 1.29 is 9.53 Å². The Morgan fingerprint density at radius 1 is 1.43 bits per heavy atom. The molecule has 1 aromatic heterocycles. The summed E-state index contributed by atoms with van der Waals surface area (Å²) in [6, 6.07) is 0. The maximum Gasteiger partial charge on any atom is 0.260 e. The quantitative estimate of drug-likeness (QED) is 0.887. The van der Waals surface area contributed by atoms with E-state index in [1.807, 2.05) is 0 Å². The fourth-order valence-electron chi connectivity index (χ4n) is 3.39. The number of nitrogens with two attached hydrogens (primary N) is 1. The van der Waals surface area contributed by atoms with Crippen molar-refractivity contribution >= 4 is 22.9 Å². The van der Waals surface area contributed by atoms with Crippen LogP contribution in [0.4, 0.5) is 5.69 Å². The second-order valence-corrected chi connectivity index (χ2v) is 6.98. The first-order valence-corrected chi connectivity index (χ1v) is 8.46. The molecule has 116 valence electrons. The molecule has 3 heterocycles. The molecule has 0 aliphatic carbocycles. The van der Waals surface area contributed by atoms with Gasteiger partial charge < -0.3 is 20.7 Å². The van der Waals surface area contributed by atoms with Crippen LogP contribution >= 0.6 is 11.3 Å². The molecule has 1 amide bonds. The van der Waals surface area contributed by atoms with Crippen molar-refractivity contribution in [3.8, 4) is 0 Å². The molecule has 21 heavy (non-hydrogen) atoms. The molecule has 0 spiro atoms. The fourth-order valence-corrected chi connectivity index (χ4v) is 4.51. The van der Waals surface area contributed by atoms with E-state index in [2.05, 4.69) is 17.1 Å². The lowest BCUT2D eigenvalue weighted by Crippen LogP contribution is -2.38. The summed E-state index contributed by atoms with van der Waals surface area (Å²) in [6.45, 7) is 7.31. The van der Waals surface area contributed by atoms with Crippen molar-refractivity contribution in [2.45, 2.75) is 25.7 Å². The van der Waals surface area contributed by atoms with Crippen LogP contribution in [-0.2, 0) is 4.74 Å². The van der Waals surface area contributed by atoms with Gasteiger partial charge in [-0.3, -0.25) is 4.79 Å². The van der Waals surface area contributed by atoms with Crippen LogP contribution < -0.4 is 16.0 Å². The van der Waals surface area contributed by atoms with Gasteiger partial charge >= 0.3 is 0 Å². The van der Waals surface area contributed by atoms with Gasteiger partial charge in [0.15, 0.2) is 0 Å². The van der Waals surface area contributed by atoms with Crippen LogP contribution in [0, 0.1) is 6.92 Å². The third kappa shape index (κ3) is 2.93. The Hall–Kier alpha value is -1.11. The van der Waals surface area contributed by atoms with E-state index >= 15 is 0 Å². The number of carbonyl (C=O) groups excluding carboxylic acids is 1. The van der Waals surface area contributed by atoms with Crippen molar-refractivity contribution in [1.29, 1.82) is 0 Å². The molecule has 2 aliphatic heterocycles. The summed E-state index contributed by atoms with van der Waals surface area (Å²) in [6.07, 6.45) is 2.37. The summed E-state index contributed by atoms with van der Waals surface area (Å²) in [5, 5.41) is 3.47. The average Bonchev–Trinajstić information content (AvgIpc) is 2.87. The van der Waals surface area contributed by atoms with E-state index in [9.17, 15) is 4.79 Å². The van der Waals surface area contributed by atoms with Crippen LogP contribution in [0.15, 0.2) is 0 Å². The number of nitrogens with zero attached hydrogens (tertiary/aromatic N) is 1. The van der Waals surface area contributed by atoms with E-state index in [0.717, 1.165) is 50.0 Å². The lowest BCUT2D eigenvalue weighted by atomic mass is 9.90. The zero-order valence-corrected chi connectivity index (χ0v) is 13.3. The highest BCUT2D eigenvalue weighted by Crippen LogP contribution is 2.42. The van der Waals surface area contributed by atoms with Crippen LogP contribution in [0.25, 0.3) is 0 Å². The van der Waals surface area contributed by atoms with Gasteiger partial charge in [-0.05, 0) is 37.8 Å². The molecule has 0 saturated carbocycles. The minimum Gasteiger partial charge on any atom is -0.378 e. The van der Waals surface area contributed by atoms with Gasteiger partial charge in [0.2, 0.25) is 0 Å². The second kappa shape index (κ2) is 6.34. The van der Waals surface area contributed by atoms with Crippen LogP contribution in [-0.4, -0.2) is 45.3 Å². The maximum absolute atomic E-state index is 11.9. The smallest absolute Gasteiger partial charge is 0.260 e. The molecule has 3 N–H and O–H groups in total. The Morgan fingerprint density at radius 3 is 2.81 bits per heavy atom.